The molecule has 2 aromatic rings. The molecule has 4 nitrogen and oxygen atoms in total. The molecule has 0 atom stereocenters. The first kappa shape index (κ1) is 19.9. The molecule has 138 valence electrons. The molecule has 0 aliphatic rings. The Morgan fingerprint density at radius 3 is 2.65 bits per heavy atom. The lowest BCUT2D eigenvalue weighted by molar-refractivity contribution is 0.0973. The number of anilines is 1. The van der Waals surface area contributed by atoms with Crippen molar-refractivity contribution in [2.45, 2.75) is 40.0 Å². The highest BCUT2D eigenvalue weighted by molar-refractivity contribution is 7.80. The molecule has 0 unspecified atom stereocenters. The summed E-state index contributed by atoms with van der Waals surface area (Å²) in [5.41, 5.74) is 3.55. The van der Waals surface area contributed by atoms with Crippen LogP contribution >= 0.6 is 12.2 Å². The van der Waals surface area contributed by atoms with Crippen molar-refractivity contribution in [3.63, 3.8) is 0 Å². The van der Waals surface area contributed by atoms with Gasteiger partial charge in [0.1, 0.15) is 5.75 Å². The molecule has 2 rings (SSSR count). The van der Waals surface area contributed by atoms with E-state index in [1.165, 1.54) is 0 Å². The lowest BCUT2D eigenvalue weighted by Gasteiger charge is -2.14. The number of rotatable bonds is 7. The summed E-state index contributed by atoms with van der Waals surface area (Å²) < 4.78 is 5.77. The number of hydrogen-bond donors (Lipinski definition) is 2. The van der Waals surface area contributed by atoms with Gasteiger partial charge in [-0.05, 0) is 61.8 Å². The predicted octanol–water partition coefficient (Wildman–Crippen LogP) is 5.00. The Labute approximate surface area is 161 Å². The quantitative estimate of drug-likeness (QED) is 0.532. The number of benzene rings is 2. The third-order valence-corrected chi connectivity index (χ3v) is 4.21. The first-order valence-corrected chi connectivity index (χ1v) is 9.33. The van der Waals surface area contributed by atoms with Gasteiger partial charge in [-0.25, -0.2) is 0 Å². The second kappa shape index (κ2) is 9.92. The maximum atomic E-state index is 12.6. The van der Waals surface area contributed by atoms with Crippen molar-refractivity contribution >= 4 is 28.9 Å². The van der Waals surface area contributed by atoms with Crippen molar-refractivity contribution in [2.24, 2.45) is 0 Å². The maximum absolute atomic E-state index is 12.6. The van der Waals surface area contributed by atoms with Gasteiger partial charge in [0, 0.05) is 5.69 Å². The van der Waals surface area contributed by atoms with Crippen molar-refractivity contribution in [3.8, 4) is 5.75 Å². The summed E-state index contributed by atoms with van der Waals surface area (Å²) >= 11 is 5.30. The van der Waals surface area contributed by atoms with Gasteiger partial charge in [0.15, 0.2) is 5.11 Å². The molecule has 0 bridgehead atoms. The Morgan fingerprint density at radius 1 is 1.12 bits per heavy atom. The minimum Gasteiger partial charge on any atom is -0.493 e. The minimum absolute atomic E-state index is 0.268. The Hall–Kier alpha value is -2.40. The average Bonchev–Trinajstić information content (AvgIpc) is 2.62. The highest BCUT2D eigenvalue weighted by atomic mass is 32.1. The van der Waals surface area contributed by atoms with Crippen LogP contribution in [0.3, 0.4) is 0 Å². The lowest BCUT2D eigenvalue weighted by Crippen LogP contribution is -2.34. The summed E-state index contributed by atoms with van der Waals surface area (Å²) in [7, 11) is 0. The fraction of sp³-hybridized carbons (Fsp3) is 0.333. The van der Waals surface area contributed by atoms with Crippen LogP contribution in [0, 0.1) is 13.8 Å². The molecule has 0 saturated heterocycles. The van der Waals surface area contributed by atoms with Gasteiger partial charge in [0.2, 0.25) is 0 Å². The molecule has 0 aromatic heterocycles. The number of carbonyl (C=O) groups is 1. The fourth-order valence-electron chi connectivity index (χ4n) is 2.51. The molecule has 0 spiro atoms. The second-order valence-corrected chi connectivity index (χ2v) is 6.69. The number of nitrogens with one attached hydrogen (secondary N) is 2. The lowest BCUT2D eigenvalue weighted by atomic mass is 10.1. The van der Waals surface area contributed by atoms with E-state index in [4.69, 9.17) is 17.0 Å². The molecule has 5 heteroatoms. The van der Waals surface area contributed by atoms with E-state index in [0.29, 0.717) is 17.9 Å². The molecule has 0 aliphatic carbocycles. The topological polar surface area (TPSA) is 50.4 Å². The summed E-state index contributed by atoms with van der Waals surface area (Å²) in [5.74, 6) is 0.300. The van der Waals surface area contributed by atoms with E-state index < -0.39 is 0 Å². The number of hydrogen-bond acceptors (Lipinski definition) is 3. The number of aryl methyl sites for hydroxylation is 2. The third-order valence-electron chi connectivity index (χ3n) is 4.01. The molecule has 2 N–H and O–H groups in total. The molecule has 0 radical (unpaired) electrons. The Balaban J connectivity index is 2.00. The number of amides is 1. The molecular formula is C21H26N2O2S. The van der Waals surface area contributed by atoms with Crippen molar-refractivity contribution in [2.75, 3.05) is 11.9 Å². The van der Waals surface area contributed by atoms with Crippen LogP contribution in [0.5, 0.6) is 5.75 Å². The Kier molecular flexibility index (Phi) is 7.60. The van der Waals surface area contributed by atoms with Crippen LogP contribution in [0.15, 0.2) is 42.5 Å². The van der Waals surface area contributed by atoms with Crippen LogP contribution in [0.1, 0.15) is 47.7 Å². The zero-order valence-corrected chi connectivity index (χ0v) is 16.4. The zero-order valence-electron chi connectivity index (χ0n) is 15.6. The highest BCUT2D eigenvalue weighted by Crippen LogP contribution is 2.19. The van der Waals surface area contributed by atoms with Gasteiger partial charge in [0.05, 0.1) is 12.2 Å². The van der Waals surface area contributed by atoms with Crippen LogP contribution in [0.25, 0.3) is 0 Å². The second-order valence-electron chi connectivity index (χ2n) is 6.28. The fourth-order valence-corrected chi connectivity index (χ4v) is 2.71. The maximum Gasteiger partial charge on any atom is 0.261 e. The van der Waals surface area contributed by atoms with E-state index in [0.717, 1.165) is 36.1 Å². The van der Waals surface area contributed by atoms with Gasteiger partial charge in [0.25, 0.3) is 5.91 Å². The zero-order chi connectivity index (χ0) is 18.9. The molecule has 26 heavy (non-hydrogen) atoms. The van der Waals surface area contributed by atoms with Crippen LogP contribution in [-0.2, 0) is 0 Å². The Bertz CT molecular complexity index is 774. The van der Waals surface area contributed by atoms with E-state index >= 15 is 0 Å². The smallest absolute Gasteiger partial charge is 0.261 e. The molecule has 0 fully saturated rings. The summed E-state index contributed by atoms with van der Waals surface area (Å²) in [4.78, 5) is 12.6. The van der Waals surface area contributed by atoms with Crippen LogP contribution in [0.2, 0.25) is 0 Å². The van der Waals surface area contributed by atoms with Gasteiger partial charge in [-0.15, -0.1) is 0 Å². The van der Waals surface area contributed by atoms with E-state index in [-0.39, 0.29) is 11.0 Å². The van der Waals surface area contributed by atoms with E-state index in [9.17, 15) is 4.79 Å². The minimum atomic E-state index is -0.279. The largest absolute Gasteiger partial charge is 0.493 e. The average molecular weight is 371 g/mol. The molecular weight excluding hydrogens is 344 g/mol. The number of ether oxygens (including phenoxy) is 1. The molecule has 0 saturated carbocycles. The number of unbranched alkanes of at least 4 members (excludes halogenated alkanes) is 2. The van der Waals surface area contributed by atoms with Gasteiger partial charge in [-0.2, -0.15) is 0 Å². The van der Waals surface area contributed by atoms with E-state index in [2.05, 4.69) is 17.6 Å². The van der Waals surface area contributed by atoms with E-state index in [1.54, 1.807) is 6.07 Å². The third kappa shape index (κ3) is 5.85. The van der Waals surface area contributed by atoms with Gasteiger partial charge in [-0.1, -0.05) is 44.0 Å². The normalized spacial score (nSPS) is 10.3. The van der Waals surface area contributed by atoms with Crippen molar-refractivity contribution in [3.05, 3.63) is 59.2 Å². The highest BCUT2D eigenvalue weighted by Gasteiger charge is 2.14. The number of carbonyl (C=O) groups excluding carboxylic acids is 1. The van der Waals surface area contributed by atoms with Crippen LogP contribution in [-0.4, -0.2) is 17.6 Å². The Morgan fingerprint density at radius 2 is 1.88 bits per heavy atom. The molecule has 0 aliphatic heterocycles. The number of para-hydroxylation sites is 1. The van der Waals surface area contributed by atoms with Crippen LogP contribution < -0.4 is 15.4 Å². The summed E-state index contributed by atoms with van der Waals surface area (Å²) in [5, 5.41) is 6.09. The van der Waals surface area contributed by atoms with Crippen LogP contribution in [0.4, 0.5) is 5.69 Å². The van der Waals surface area contributed by atoms with Crippen molar-refractivity contribution in [1.82, 2.24) is 5.32 Å². The van der Waals surface area contributed by atoms with Crippen molar-refractivity contribution in [1.29, 1.82) is 0 Å². The number of thiocarbonyl (C=S) groups is 1. The van der Waals surface area contributed by atoms with Gasteiger partial charge < -0.3 is 10.1 Å². The molecule has 1 amide bonds. The standard InChI is InChI=1S/C21H26N2O2S/c1-4-5-8-13-25-19-10-7-6-9-17(19)20(24)23-21(26)22-18-14-15(2)11-12-16(18)3/h6-7,9-12,14H,4-5,8,13H2,1-3H3,(H2,22,23,24,26). The van der Waals surface area contributed by atoms with Crippen molar-refractivity contribution < 1.29 is 9.53 Å². The van der Waals surface area contributed by atoms with Gasteiger partial charge in [-0.3, -0.25) is 10.1 Å². The van der Waals surface area contributed by atoms with Gasteiger partial charge >= 0.3 is 0 Å². The predicted molar refractivity (Wildman–Crippen MR) is 111 cm³/mol. The first-order valence-electron chi connectivity index (χ1n) is 8.92. The molecule has 0 heterocycles. The summed E-state index contributed by atoms with van der Waals surface area (Å²) in [6, 6.07) is 13.3. The van der Waals surface area contributed by atoms with E-state index in [1.807, 2.05) is 50.2 Å². The summed E-state index contributed by atoms with van der Waals surface area (Å²) in [6.45, 7) is 6.75. The molecule has 2 aromatic carbocycles. The first-order chi connectivity index (χ1) is 12.5. The SMILES string of the molecule is CCCCCOc1ccccc1C(=O)NC(=S)Nc1cc(C)ccc1C. The monoisotopic (exact) mass is 370 g/mol. The summed E-state index contributed by atoms with van der Waals surface area (Å²) in [6.07, 6.45) is 3.21.